The van der Waals surface area contributed by atoms with Crippen LogP contribution in [-0.2, 0) is 0 Å². The third-order valence-corrected chi connectivity index (χ3v) is 3.77. The molecule has 15 heavy (non-hydrogen) atoms. The van der Waals surface area contributed by atoms with Gasteiger partial charge in [0.05, 0.1) is 0 Å². The van der Waals surface area contributed by atoms with Gasteiger partial charge in [-0.1, -0.05) is 69.4 Å². The molecule has 0 nitrogen and oxygen atoms in total. The molecule has 0 fully saturated rings. The first-order valence-electron chi connectivity index (χ1n) is 6.16. The van der Waals surface area contributed by atoms with E-state index < -0.39 is 0 Å². The number of hydrogen-bond acceptors (Lipinski definition) is 0. The van der Waals surface area contributed by atoms with Crippen molar-refractivity contribution in [3.8, 4) is 0 Å². The van der Waals surface area contributed by atoms with Crippen molar-refractivity contribution in [3.05, 3.63) is 30.3 Å². The molecule has 0 amide bonds. The summed E-state index contributed by atoms with van der Waals surface area (Å²) in [6, 6.07) is 10.8. The van der Waals surface area contributed by atoms with Gasteiger partial charge in [-0.25, -0.2) is 0 Å². The van der Waals surface area contributed by atoms with E-state index in [9.17, 15) is 0 Å². The average Bonchev–Trinajstić information content (AvgIpc) is 2.29. The maximum Gasteiger partial charge on any atom is -0.0193 e. The van der Waals surface area contributed by atoms with Gasteiger partial charge < -0.3 is 0 Å². The van der Waals surface area contributed by atoms with E-state index >= 15 is 0 Å². The molecule has 0 heterocycles. The van der Waals surface area contributed by atoms with Crippen molar-refractivity contribution in [1.82, 2.24) is 0 Å². The Kier molecular flexibility index (Phi) is 7.56. The van der Waals surface area contributed by atoms with Crippen LogP contribution >= 0.6 is 8.58 Å². The molecule has 0 N–H and O–H groups in total. The maximum atomic E-state index is 2.27. The van der Waals surface area contributed by atoms with Crippen molar-refractivity contribution in [2.24, 2.45) is 0 Å². The Balaban J connectivity index is 1.93. The summed E-state index contributed by atoms with van der Waals surface area (Å²) in [5.74, 6) is 0. The van der Waals surface area contributed by atoms with E-state index in [0.717, 1.165) is 0 Å². The fourth-order valence-electron chi connectivity index (χ4n) is 1.63. The Morgan fingerprint density at radius 3 is 2.27 bits per heavy atom. The molecule has 0 aliphatic carbocycles. The van der Waals surface area contributed by atoms with Crippen LogP contribution in [0.25, 0.3) is 0 Å². The molecule has 1 radical (unpaired) electrons. The average molecular weight is 221 g/mol. The summed E-state index contributed by atoms with van der Waals surface area (Å²) in [5, 5.41) is 1.46. The number of rotatable bonds is 8. The van der Waals surface area contributed by atoms with Crippen molar-refractivity contribution in [2.75, 3.05) is 6.16 Å². The molecule has 0 bridgehead atoms. The largest absolute Gasteiger partial charge is 0.0654 e. The SMILES string of the molecule is CCCCCCCC[P]c1ccccc1. The highest BCUT2D eigenvalue weighted by Gasteiger charge is 1.93. The van der Waals surface area contributed by atoms with Crippen LogP contribution in [0.5, 0.6) is 0 Å². The smallest absolute Gasteiger partial charge is 0.0193 e. The van der Waals surface area contributed by atoms with Crippen LogP contribution < -0.4 is 5.30 Å². The molecule has 0 saturated carbocycles. The second-order valence-electron chi connectivity index (χ2n) is 3.99. The highest BCUT2D eigenvalue weighted by atomic mass is 31.1. The quantitative estimate of drug-likeness (QED) is 0.444. The normalized spacial score (nSPS) is 11.3. The summed E-state index contributed by atoms with van der Waals surface area (Å²) in [6.07, 6.45) is 9.76. The number of hydrogen-bond donors (Lipinski definition) is 0. The molecule has 0 aliphatic heterocycles. The van der Waals surface area contributed by atoms with Gasteiger partial charge in [0.2, 0.25) is 0 Å². The second kappa shape index (κ2) is 8.92. The van der Waals surface area contributed by atoms with Crippen LogP contribution in [0.15, 0.2) is 30.3 Å². The maximum absolute atomic E-state index is 2.27. The summed E-state index contributed by atoms with van der Waals surface area (Å²) in [4.78, 5) is 0. The van der Waals surface area contributed by atoms with E-state index in [1.807, 2.05) is 0 Å². The molecule has 0 atom stereocenters. The van der Waals surface area contributed by atoms with Gasteiger partial charge in [-0.2, -0.15) is 0 Å². The fraction of sp³-hybridized carbons (Fsp3) is 0.571. The van der Waals surface area contributed by atoms with Gasteiger partial charge in [0, 0.05) is 0 Å². The highest BCUT2D eigenvalue weighted by Crippen LogP contribution is 2.14. The molecule has 0 unspecified atom stereocenters. The first kappa shape index (κ1) is 12.7. The van der Waals surface area contributed by atoms with Gasteiger partial charge in [-0.3, -0.25) is 0 Å². The van der Waals surface area contributed by atoms with Gasteiger partial charge in [0.1, 0.15) is 0 Å². The zero-order valence-electron chi connectivity index (χ0n) is 9.78. The van der Waals surface area contributed by atoms with E-state index in [2.05, 4.69) is 37.3 Å². The first-order chi connectivity index (χ1) is 7.43. The van der Waals surface area contributed by atoms with E-state index in [0.29, 0.717) is 0 Å². The summed E-state index contributed by atoms with van der Waals surface area (Å²) in [7, 11) is 1.50. The Labute approximate surface area is 96.3 Å². The molecule has 1 aromatic carbocycles. The molecule has 0 aromatic heterocycles. The molecule has 83 valence electrons. The Hall–Kier alpha value is -0.350. The zero-order valence-corrected chi connectivity index (χ0v) is 10.7. The lowest BCUT2D eigenvalue weighted by Crippen LogP contribution is -1.93. The molecule has 1 heteroatoms. The van der Waals surface area contributed by atoms with Crippen LogP contribution in [0.3, 0.4) is 0 Å². The summed E-state index contributed by atoms with van der Waals surface area (Å²) >= 11 is 0. The summed E-state index contributed by atoms with van der Waals surface area (Å²) < 4.78 is 0. The lowest BCUT2D eigenvalue weighted by atomic mass is 10.1. The van der Waals surface area contributed by atoms with Gasteiger partial charge in [0.25, 0.3) is 0 Å². The van der Waals surface area contributed by atoms with Crippen molar-refractivity contribution < 1.29 is 0 Å². The number of benzene rings is 1. The molecular weight excluding hydrogens is 199 g/mol. The lowest BCUT2D eigenvalue weighted by Gasteiger charge is -2.01. The molecule has 0 aliphatic rings. The minimum Gasteiger partial charge on any atom is -0.0654 e. The van der Waals surface area contributed by atoms with Crippen molar-refractivity contribution in [2.45, 2.75) is 45.4 Å². The van der Waals surface area contributed by atoms with E-state index in [4.69, 9.17) is 0 Å². The Morgan fingerprint density at radius 1 is 0.867 bits per heavy atom. The van der Waals surface area contributed by atoms with E-state index in [1.165, 1.54) is 58.6 Å². The van der Waals surface area contributed by atoms with Gasteiger partial charge in [-0.05, 0) is 26.5 Å². The summed E-state index contributed by atoms with van der Waals surface area (Å²) in [5.41, 5.74) is 0. The molecule has 1 rings (SSSR count). The third kappa shape index (κ3) is 6.68. The van der Waals surface area contributed by atoms with Gasteiger partial charge in [0.15, 0.2) is 0 Å². The molecule has 0 spiro atoms. The van der Waals surface area contributed by atoms with Gasteiger partial charge >= 0.3 is 0 Å². The zero-order chi connectivity index (χ0) is 10.8. The van der Waals surface area contributed by atoms with Crippen LogP contribution in [0, 0.1) is 0 Å². The van der Waals surface area contributed by atoms with Crippen molar-refractivity contribution in [1.29, 1.82) is 0 Å². The minimum atomic E-state index is 1.33. The topological polar surface area (TPSA) is 0 Å². The predicted octanol–water partition coefficient (Wildman–Crippen LogP) is 4.62. The summed E-state index contributed by atoms with van der Waals surface area (Å²) in [6.45, 7) is 2.27. The lowest BCUT2D eigenvalue weighted by molar-refractivity contribution is 0.626. The fourth-order valence-corrected chi connectivity index (χ4v) is 2.66. The monoisotopic (exact) mass is 221 g/mol. The van der Waals surface area contributed by atoms with Crippen LogP contribution in [-0.4, -0.2) is 6.16 Å². The highest BCUT2D eigenvalue weighted by molar-refractivity contribution is 7.47. The molecule has 1 aromatic rings. The number of unbranched alkanes of at least 4 members (excludes halogenated alkanes) is 5. The minimum absolute atomic E-state index is 1.33. The standard InChI is InChI=1S/C14H22P/c1-2-3-4-5-6-10-13-15-14-11-8-7-9-12-14/h7-9,11-12H,2-6,10,13H2,1H3. The third-order valence-electron chi connectivity index (χ3n) is 2.56. The predicted molar refractivity (Wildman–Crippen MR) is 71.2 cm³/mol. The van der Waals surface area contributed by atoms with Gasteiger partial charge in [-0.15, -0.1) is 0 Å². The Bertz CT molecular complexity index is 230. The van der Waals surface area contributed by atoms with Crippen molar-refractivity contribution in [3.63, 3.8) is 0 Å². The second-order valence-corrected chi connectivity index (χ2v) is 5.26. The van der Waals surface area contributed by atoms with Crippen molar-refractivity contribution >= 4 is 13.9 Å². The van der Waals surface area contributed by atoms with Crippen LogP contribution in [0.4, 0.5) is 0 Å². The van der Waals surface area contributed by atoms with Crippen LogP contribution in [0.1, 0.15) is 45.4 Å². The first-order valence-corrected chi connectivity index (χ1v) is 7.24. The van der Waals surface area contributed by atoms with E-state index in [-0.39, 0.29) is 0 Å². The Morgan fingerprint density at radius 2 is 1.53 bits per heavy atom. The molecular formula is C14H22P. The van der Waals surface area contributed by atoms with Crippen LogP contribution in [0.2, 0.25) is 0 Å². The molecule has 0 saturated heterocycles. The van der Waals surface area contributed by atoms with E-state index in [1.54, 1.807) is 0 Å².